The summed E-state index contributed by atoms with van der Waals surface area (Å²) < 4.78 is 17.0. The smallest absolute Gasteiger partial charge is 0.336 e. The molecule has 0 atom stereocenters. The standard InChI is InChI=1S/C15H15N3O4S/c1-2-20-8-9-22-15-16-13(12-6-4-10-23-12)18(17-15)14(19)11-5-3-7-21-11/h3-7,10H,2,8-9H2,1H3. The van der Waals surface area contributed by atoms with Gasteiger partial charge >= 0.3 is 11.9 Å². The van der Waals surface area contributed by atoms with Gasteiger partial charge in [0.05, 0.1) is 17.7 Å². The van der Waals surface area contributed by atoms with E-state index in [2.05, 4.69) is 10.1 Å². The molecule has 8 heteroatoms. The highest BCUT2D eigenvalue weighted by molar-refractivity contribution is 7.13. The van der Waals surface area contributed by atoms with Gasteiger partial charge in [0.15, 0.2) is 11.6 Å². The largest absolute Gasteiger partial charge is 0.460 e. The first-order valence-corrected chi connectivity index (χ1v) is 7.97. The second-order valence-corrected chi connectivity index (χ2v) is 5.38. The topological polar surface area (TPSA) is 79.4 Å². The second kappa shape index (κ2) is 7.21. The van der Waals surface area contributed by atoms with Crippen molar-refractivity contribution in [2.24, 2.45) is 0 Å². The first-order valence-electron chi connectivity index (χ1n) is 7.09. The van der Waals surface area contributed by atoms with E-state index in [4.69, 9.17) is 13.9 Å². The third-order valence-electron chi connectivity index (χ3n) is 2.92. The van der Waals surface area contributed by atoms with Crippen LogP contribution in [0.5, 0.6) is 6.01 Å². The van der Waals surface area contributed by atoms with Gasteiger partial charge < -0.3 is 13.9 Å². The summed E-state index contributed by atoms with van der Waals surface area (Å²) in [5, 5.41) is 6.05. The molecule has 23 heavy (non-hydrogen) atoms. The van der Waals surface area contributed by atoms with Crippen molar-refractivity contribution < 1.29 is 18.7 Å². The first kappa shape index (κ1) is 15.4. The fourth-order valence-corrected chi connectivity index (χ4v) is 2.60. The summed E-state index contributed by atoms with van der Waals surface area (Å²) in [7, 11) is 0. The van der Waals surface area contributed by atoms with E-state index in [1.165, 1.54) is 22.3 Å². The number of aromatic nitrogens is 3. The van der Waals surface area contributed by atoms with Crippen molar-refractivity contribution in [1.82, 2.24) is 14.8 Å². The van der Waals surface area contributed by atoms with Gasteiger partial charge in [-0.05, 0) is 30.5 Å². The van der Waals surface area contributed by atoms with E-state index in [1.807, 2.05) is 24.4 Å². The summed E-state index contributed by atoms with van der Waals surface area (Å²) in [6.07, 6.45) is 1.44. The second-order valence-electron chi connectivity index (χ2n) is 4.43. The Morgan fingerprint density at radius 3 is 2.96 bits per heavy atom. The molecule has 0 aliphatic rings. The molecule has 0 spiro atoms. The molecule has 0 amide bonds. The molecule has 7 nitrogen and oxygen atoms in total. The van der Waals surface area contributed by atoms with Crippen LogP contribution in [-0.2, 0) is 4.74 Å². The molecule has 0 aliphatic heterocycles. The Morgan fingerprint density at radius 1 is 1.35 bits per heavy atom. The lowest BCUT2D eigenvalue weighted by molar-refractivity contribution is 0.0911. The maximum Gasteiger partial charge on any atom is 0.336 e. The summed E-state index contributed by atoms with van der Waals surface area (Å²) in [6.45, 7) is 3.27. The average Bonchev–Trinajstić information content (AvgIpc) is 3.32. The van der Waals surface area contributed by atoms with Gasteiger partial charge in [0.2, 0.25) is 0 Å². The van der Waals surface area contributed by atoms with Crippen LogP contribution in [0.25, 0.3) is 10.7 Å². The fourth-order valence-electron chi connectivity index (χ4n) is 1.90. The number of carbonyl (C=O) groups is 1. The zero-order chi connectivity index (χ0) is 16.1. The molecule has 0 saturated heterocycles. The van der Waals surface area contributed by atoms with Crippen LogP contribution in [0.4, 0.5) is 0 Å². The van der Waals surface area contributed by atoms with Crippen LogP contribution in [0.15, 0.2) is 40.3 Å². The Kier molecular flexibility index (Phi) is 4.84. The highest BCUT2D eigenvalue weighted by Gasteiger charge is 2.22. The molecule has 0 fully saturated rings. The predicted molar refractivity (Wildman–Crippen MR) is 83.8 cm³/mol. The minimum Gasteiger partial charge on any atom is -0.460 e. The number of hydrogen-bond acceptors (Lipinski definition) is 7. The summed E-state index contributed by atoms with van der Waals surface area (Å²) in [5.41, 5.74) is 0. The number of ether oxygens (including phenoxy) is 2. The molecule has 120 valence electrons. The maximum atomic E-state index is 12.5. The molecule has 0 unspecified atom stereocenters. The molecule has 3 heterocycles. The zero-order valence-electron chi connectivity index (χ0n) is 12.5. The van der Waals surface area contributed by atoms with Crippen LogP contribution in [0.1, 0.15) is 17.5 Å². The van der Waals surface area contributed by atoms with Crippen LogP contribution in [0.2, 0.25) is 0 Å². The number of carbonyl (C=O) groups excluding carboxylic acids is 1. The first-order chi connectivity index (χ1) is 11.3. The normalized spacial score (nSPS) is 10.8. The van der Waals surface area contributed by atoms with Crippen LogP contribution in [0, 0.1) is 0 Å². The summed E-state index contributed by atoms with van der Waals surface area (Å²) in [6, 6.07) is 7.11. The summed E-state index contributed by atoms with van der Waals surface area (Å²) >= 11 is 1.46. The van der Waals surface area contributed by atoms with E-state index in [0.717, 1.165) is 4.88 Å². The van der Waals surface area contributed by atoms with Gasteiger partial charge in [-0.15, -0.1) is 16.4 Å². The van der Waals surface area contributed by atoms with E-state index in [1.54, 1.807) is 12.1 Å². The predicted octanol–water partition coefficient (Wildman–Crippen LogP) is 2.70. The molecule has 0 N–H and O–H groups in total. The lowest BCUT2D eigenvalue weighted by atomic mass is 10.4. The molecule has 3 rings (SSSR count). The van der Waals surface area contributed by atoms with Crippen LogP contribution in [-0.4, -0.2) is 40.5 Å². The van der Waals surface area contributed by atoms with Gasteiger partial charge in [0.25, 0.3) is 0 Å². The van der Waals surface area contributed by atoms with Crippen molar-refractivity contribution in [2.75, 3.05) is 19.8 Å². The third-order valence-corrected chi connectivity index (χ3v) is 3.78. The molecular weight excluding hydrogens is 318 g/mol. The van der Waals surface area contributed by atoms with Gasteiger partial charge in [0, 0.05) is 6.61 Å². The monoisotopic (exact) mass is 333 g/mol. The van der Waals surface area contributed by atoms with E-state index in [9.17, 15) is 4.79 Å². The Morgan fingerprint density at radius 2 is 2.26 bits per heavy atom. The SMILES string of the molecule is CCOCCOc1nc(-c2cccs2)n(C(=O)c2ccco2)n1. The number of nitrogens with zero attached hydrogens (tertiary/aromatic N) is 3. The molecular formula is C15H15N3O4S. The highest BCUT2D eigenvalue weighted by Crippen LogP contribution is 2.25. The molecule has 3 aromatic rings. The molecule has 0 saturated carbocycles. The summed E-state index contributed by atoms with van der Waals surface area (Å²) in [5.74, 6) is 0.215. The Balaban J connectivity index is 1.87. The molecule has 0 radical (unpaired) electrons. The quantitative estimate of drug-likeness (QED) is 0.619. The molecule has 0 aromatic carbocycles. The Hall–Kier alpha value is -2.45. The number of hydrogen-bond donors (Lipinski definition) is 0. The Labute approximate surface area is 136 Å². The summed E-state index contributed by atoms with van der Waals surface area (Å²) in [4.78, 5) is 17.6. The highest BCUT2D eigenvalue weighted by atomic mass is 32.1. The maximum absolute atomic E-state index is 12.5. The third kappa shape index (κ3) is 3.49. The van der Waals surface area contributed by atoms with Crippen molar-refractivity contribution in [2.45, 2.75) is 6.92 Å². The number of thiophene rings is 1. The van der Waals surface area contributed by atoms with Gasteiger partial charge in [0.1, 0.15) is 6.61 Å². The lowest BCUT2D eigenvalue weighted by Gasteiger charge is -2.00. The van der Waals surface area contributed by atoms with E-state index < -0.39 is 5.91 Å². The minimum absolute atomic E-state index is 0.132. The molecule has 3 aromatic heterocycles. The van der Waals surface area contributed by atoms with Gasteiger partial charge in [-0.3, -0.25) is 4.79 Å². The van der Waals surface area contributed by atoms with Crippen LogP contribution >= 0.6 is 11.3 Å². The van der Waals surface area contributed by atoms with E-state index in [-0.39, 0.29) is 11.8 Å². The van der Waals surface area contributed by atoms with Crippen LogP contribution < -0.4 is 4.74 Å². The zero-order valence-corrected chi connectivity index (χ0v) is 13.3. The minimum atomic E-state index is -0.398. The van der Waals surface area contributed by atoms with Crippen molar-refractivity contribution in [1.29, 1.82) is 0 Å². The van der Waals surface area contributed by atoms with Gasteiger partial charge in [-0.25, -0.2) is 0 Å². The average molecular weight is 333 g/mol. The number of furan rings is 1. The van der Waals surface area contributed by atoms with Crippen molar-refractivity contribution in [3.05, 3.63) is 41.7 Å². The van der Waals surface area contributed by atoms with Crippen molar-refractivity contribution in [3.63, 3.8) is 0 Å². The molecule has 0 aliphatic carbocycles. The van der Waals surface area contributed by atoms with E-state index >= 15 is 0 Å². The van der Waals surface area contributed by atoms with Gasteiger partial charge in [-0.2, -0.15) is 9.67 Å². The lowest BCUT2D eigenvalue weighted by Crippen LogP contribution is -2.14. The fraction of sp³-hybridized carbons (Fsp3) is 0.267. The van der Waals surface area contributed by atoms with Gasteiger partial charge in [-0.1, -0.05) is 6.07 Å². The van der Waals surface area contributed by atoms with E-state index in [0.29, 0.717) is 25.6 Å². The number of rotatable bonds is 7. The Bertz CT molecular complexity index is 750. The molecule has 0 bridgehead atoms. The van der Waals surface area contributed by atoms with Crippen molar-refractivity contribution >= 4 is 17.2 Å². The van der Waals surface area contributed by atoms with Crippen molar-refractivity contribution in [3.8, 4) is 16.7 Å². The van der Waals surface area contributed by atoms with Crippen LogP contribution in [0.3, 0.4) is 0 Å².